The van der Waals surface area contributed by atoms with Crippen LogP contribution in [-0.4, -0.2) is 43.2 Å². The zero-order valence-corrected chi connectivity index (χ0v) is 15.7. The SMILES string of the molecule is COc1ccc(C(CC(=O)O)NC(=O)C(C)NC(=O)c2ccco2)c(OC)c1. The number of furan rings is 1. The van der Waals surface area contributed by atoms with E-state index < -0.39 is 29.9 Å². The predicted molar refractivity (Wildman–Crippen MR) is 98.3 cm³/mol. The fraction of sp³-hybridized carbons (Fsp3) is 0.316. The Labute approximate surface area is 161 Å². The van der Waals surface area contributed by atoms with Crippen LogP contribution in [0.3, 0.4) is 0 Å². The van der Waals surface area contributed by atoms with Gasteiger partial charge in [0.15, 0.2) is 5.76 Å². The third kappa shape index (κ3) is 5.26. The van der Waals surface area contributed by atoms with Gasteiger partial charge in [-0.2, -0.15) is 0 Å². The van der Waals surface area contributed by atoms with E-state index in [9.17, 15) is 19.5 Å². The Morgan fingerprint density at radius 2 is 1.89 bits per heavy atom. The third-order valence-corrected chi connectivity index (χ3v) is 4.00. The Morgan fingerprint density at radius 3 is 2.46 bits per heavy atom. The van der Waals surface area contributed by atoms with Crippen molar-refractivity contribution in [3.8, 4) is 11.5 Å². The molecule has 1 aromatic carbocycles. The van der Waals surface area contributed by atoms with Crippen molar-refractivity contribution in [2.75, 3.05) is 14.2 Å². The first-order valence-electron chi connectivity index (χ1n) is 8.44. The van der Waals surface area contributed by atoms with Crippen LogP contribution in [0, 0.1) is 0 Å². The number of carbonyl (C=O) groups excluding carboxylic acids is 2. The number of hydrogen-bond acceptors (Lipinski definition) is 6. The Bertz CT molecular complexity index is 833. The van der Waals surface area contributed by atoms with E-state index in [4.69, 9.17) is 13.9 Å². The second-order valence-corrected chi connectivity index (χ2v) is 5.94. The largest absolute Gasteiger partial charge is 0.497 e. The van der Waals surface area contributed by atoms with Crippen LogP contribution in [0.2, 0.25) is 0 Å². The molecule has 28 heavy (non-hydrogen) atoms. The molecular formula is C19H22N2O7. The monoisotopic (exact) mass is 390 g/mol. The maximum atomic E-state index is 12.5. The first-order valence-corrected chi connectivity index (χ1v) is 8.44. The number of nitrogens with one attached hydrogen (secondary N) is 2. The molecular weight excluding hydrogens is 368 g/mol. The molecule has 0 spiro atoms. The van der Waals surface area contributed by atoms with Crippen molar-refractivity contribution in [2.45, 2.75) is 25.4 Å². The van der Waals surface area contributed by atoms with Crippen LogP contribution in [0.25, 0.3) is 0 Å². The van der Waals surface area contributed by atoms with E-state index in [-0.39, 0.29) is 12.2 Å². The Hall–Kier alpha value is -3.49. The molecule has 150 valence electrons. The summed E-state index contributed by atoms with van der Waals surface area (Å²) < 4.78 is 15.4. The zero-order valence-electron chi connectivity index (χ0n) is 15.7. The maximum absolute atomic E-state index is 12.5. The van der Waals surface area contributed by atoms with Gasteiger partial charge in [-0.05, 0) is 31.2 Å². The van der Waals surface area contributed by atoms with Crippen molar-refractivity contribution in [3.05, 3.63) is 47.9 Å². The smallest absolute Gasteiger partial charge is 0.305 e. The number of amides is 2. The van der Waals surface area contributed by atoms with E-state index in [2.05, 4.69) is 10.6 Å². The molecule has 0 fully saturated rings. The lowest BCUT2D eigenvalue weighted by atomic mass is 10.0. The van der Waals surface area contributed by atoms with E-state index in [1.165, 1.54) is 33.5 Å². The topological polar surface area (TPSA) is 127 Å². The quantitative estimate of drug-likeness (QED) is 0.595. The molecule has 0 aliphatic rings. The Balaban J connectivity index is 2.16. The van der Waals surface area contributed by atoms with Crippen molar-refractivity contribution in [1.82, 2.24) is 10.6 Å². The van der Waals surface area contributed by atoms with Crippen molar-refractivity contribution in [3.63, 3.8) is 0 Å². The van der Waals surface area contributed by atoms with Gasteiger partial charge in [0.1, 0.15) is 17.5 Å². The number of carboxylic acid groups (broad SMARTS) is 1. The summed E-state index contributed by atoms with van der Waals surface area (Å²) in [6.45, 7) is 1.49. The molecule has 2 amide bonds. The summed E-state index contributed by atoms with van der Waals surface area (Å²) in [7, 11) is 2.93. The normalized spacial score (nSPS) is 12.5. The van der Waals surface area contributed by atoms with Gasteiger partial charge in [-0.1, -0.05) is 0 Å². The summed E-state index contributed by atoms with van der Waals surface area (Å²) in [6.07, 6.45) is 0.978. The molecule has 0 radical (unpaired) electrons. The molecule has 9 heteroatoms. The summed E-state index contributed by atoms with van der Waals surface area (Å²) in [5.74, 6) is -1.24. The third-order valence-electron chi connectivity index (χ3n) is 4.00. The molecule has 0 saturated carbocycles. The number of aliphatic carboxylic acids is 1. The number of methoxy groups -OCH3 is 2. The van der Waals surface area contributed by atoms with Gasteiger partial charge in [0.25, 0.3) is 5.91 Å². The van der Waals surface area contributed by atoms with Crippen LogP contribution in [0.5, 0.6) is 11.5 Å². The van der Waals surface area contributed by atoms with E-state index in [1.54, 1.807) is 24.3 Å². The molecule has 0 saturated heterocycles. The average molecular weight is 390 g/mol. The highest BCUT2D eigenvalue weighted by Crippen LogP contribution is 2.31. The van der Waals surface area contributed by atoms with Crippen LogP contribution in [0.15, 0.2) is 41.0 Å². The van der Waals surface area contributed by atoms with Crippen molar-refractivity contribution in [1.29, 1.82) is 0 Å². The molecule has 3 N–H and O–H groups in total. The predicted octanol–water partition coefficient (Wildman–Crippen LogP) is 1.75. The average Bonchev–Trinajstić information content (AvgIpc) is 3.21. The number of rotatable bonds is 9. The Morgan fingerprint density at radius 1 is 1.14 bits per heavy atom. The summed E-state index contributed by atoms with van der Waals surface area (Å²) in [6, 6.07) is 6.09. The molecule has 1 heterocycles. The van der Waals surface area contributed by atoms with Gasteiger partial charge in [-0.3, -0.25) is 14.4 Å². The molecule has 0 aliphatic heterocycles. The fourth-order valence-electron chi connectivity index (χ4n) is 2.56. The van der Waals surface area contributed by atoms with Crippen LogP contribution in [-0.2, 0) is 9.59 Å². The fourth-order valence-corrected chi connectivity index (χ4v) is 2.56. The number of carboxylic acids is 1. The molecule has 9 nitrogen and oxygen atoms in total. The lowest BCUT2D eigenvalue weighted by Crippen LogP contribution is -2.46. The number of benzene rings is 1. The highest BCUT2D eigenvalue weighted by Gasteiger charge is 2.25. The minimum absolute atomic E-state index is 0.0681. The van der Waals surface area contributed by atoms with Crippen LogP contribution in [0.4, 0.5) is 0 Å². The molecule has 2 aromatic rings. The summed E-state index contributed by atoms with van der Waals surface area (Å²) in [4.78, 5) is 35.8. The molecule has 1 aromatic heterocycles. The highest BCUT2D eigenvalue weighted by atomic mass is 16.5. The second kappa shape index (κ2) is 9.45. The number of hydrogen-bond donors (Lipinski definition) is 3. The van der Waals surface area contributed by atoms with Crippen LogP contribution < -0.4 is 20.1 Å². The standard InChI is InChI=1S/C19H22N2O7/c1-11(20-19(25)15-5-4-8-28-15)18(24)21-14(10-17(22)23)13-7-6-12(26-2)9-16(13)27-3/h4-9,11,14H,10H2,1-3H3,(H,20,25)(H,21,24)(H,22,23). The Kier molecular flexibility index (Phi) is 7.02. The van der Waals surface area contributed by atoms with Gasteiger partial charge in [-0.15, -0.1) is 0 Å². The van der Waals surface area contributed by atoms with Crippen molar-refractivity contribution < 1.29 is 33.4 Å². The molecule has 0 bridgehead atoms. The van der Waals surface area contributed by atoms with E-state index in [1.807, 2.05) is 0 Å². The summed E-state index contributed by atoms with van der Waals surface area (Å²) >= 11 is 0. The van der Waals surface area contributed by atoms with Crippen molar-refractivity contribution in [2.24, 2.45) is 0 Å². The van der Waals surface area contributed by atoms with Crippen LogP contribution >= 0.6 is 0 Å². The zero-order chi connectivity index (χ0) is 20.7. The van der Waals surface area contributed by atoms with Crippen LogP contribution in [0.1, 0.15) is 35.5 Å². The highest BCUT2D eigenvalue weighted by molar-refractivity contribution is 5.95. The maximum Gasteiger partial charge on any atom is 0.305 e. The first kappa shape index (κ1) is 20.8. The van der Waals surface area contributed by atoms with E-state index in [0.717, 1.165) is 0 Å². The number of ether oxygens (including phenoxy) is 2. The van der Waals surface area contributed by atoms with Gasteiger partial charge >= 0.3 is 5.97 Å². The molecule has 2 rings (SSSR count). The lowest BCUT2D eigenvalue weighted by Gasteiger charge is -2.22. The van der Waals surface area contributed by atoms with Gasteiger partial charge < -0.3 is 29.6 Å². The van der Waals surface area contributed by atoms with Gasteiger partial charge in [-0.25, -0.2) is 0 Å². The van der Waals surface area contributed by atoms with Gasteiger partial charge in [0.2, 0.25) is 5.91 Å². The lowest BCUT2D eigenvalue weighted by molar-refractivity contribution is -0.137. The first-order chi connectivity index (χ1) is 13.3. The summed E-state index contributed by atoms with van der Waals surface area (Å²) in [5, 5.41) is 14.4. The molecule has 2 unspecified atom stereocenters. The molecule has 2 atom stereocenters. The minimum atomic E-state index is -1.10. The van der Waals surface area contributed by atoms with Gasteiger partial charge in [0, 0.05) is 11.6 Å². The number of carbonyl (C=O) groups is 3. The van der Waals surface area contributed by atoms with E-state index >= 15 is 0 Å². The minimum Gasteiger partial charge on any atom is -0.497 e. The second-order valence-electron chi connectivity index (χ2n) is 5.94. The van der Waals surface area contributed by atoms with Crippen molar-refractivity contribution >= 4 is 17.8 Å². The summed E-state index contributed by atoms with van der Waals surface area (Å²) in [5.41, 5.74) is 0.476. The van der Waals surface area contributed by atoms with Gasteiger partial charge in [0.05, 0.1) is 32.9 Å². The molecule has 0 aliphatic carbocycles. The van der Waals surface area contributed by atoms with E-state index in [0.29, 0.717) is 17.1 Å².